The number of hydrogen-bond donors (Lipinski definition) is 1. The Morgan fingerprint density at radius 2 is 1.93 bits per heavy atom. The molecule has 0 atom stereocenters. The van der Waals surface area contributed by atoms with Gasteiger partial charge in [-0.3, -0.25) is 4.79 Å². The van der Waals surface area contributed by atoms with E-state index in [9.17, 15) is 18.0 Å². The van der Waals surface area contributed by atoms with E-state index in [-0.39, 0.29) is 32.3 Å². The van der Waals surface area contributed by atoms with Crippen LogP contribution in [0, 0.1) is 0 Å². The molecule has 0 radical (unpaired) electrons. The van der Waals surface area contributed by atoms with Crippen LogP contribution in [0.5, 0.6) is 0 Å². The van der Waals surface area contributed by atoms with Gasteiger partial charge in [0, 0.05) is 37.8 Å². The number of rotatable bonds is 5. The molecule has 1 aliphatic heterocycles. The number of likely N-dealkylation sites (N-methyl/N-ethyl adjacent to an activating group) is 1. The molecule has 2 aromatic rings. The molecule has 0 aromatic carbocycles. The fourth-order valence-corrected chi connectivity index (χ4v) is 4.56. The fraction of sp³-hybridized carbons (Fsp3) is 0.579. The van der Waals surface area contributed by atoms with Crippen molar-refractivity contribution >= 4 is 33.1 Å². The zero-order valence-electron chi connectivity index (χ0n) is 16.1. The van der Waals surface area contributed by atoms with E-state index in [4.69, 9.17) is 5.73 Å². The number of thiophene rings is 1. The number of amides is 1. The van der Waals surface area contributed by atoms with Gasteiger partial charge < -0.3 is 15.5 Å². The summed E-state index contributed by atoms with van der Waals surface area (Å²) in [5, 5.41) is -0.121. The lowest BCUT2D eigenvalue weighted by molar-refractivity contribution is -0.136. The third-order valence-electron chi connectivity index (χ3n) is 5.15. The SMILES string of the molecule is CCCCCc1cnc2sc(C(=O)N3CCN(C)CC3)c(N)c2c1C(F)(F)F. The van der Waals surface area contributed by atoms with Crippen molar-refractivity contribution in [3.05, 3.63) is 22.2 Å². The van der Waals surface area contributed by atoms with Crippen LogP contribution in [0.3, 0.4) is 0 Å². The Kier molecular flexibility index (Phi) is 6.14. The van der Waals surface area contributed by atoms with Gasteiger partial charge in [-0.1, -0.05) is 19.8 Å². The summed E-state index contributed by atoms with van der Waals surface area (Å²) in [5.74, 6) is -0.311. The van der Waals surface area contributed by atoms with Gasteiger partial charge in [0.15, 0.2) is 0 Å². The van der Waals surface area contributed by atoms with Crippen molar-refractivity contribution in [1.82, 2.24) is 14.8 Å². The highest BCUT2D eigenvalue weighted by Gasteiger charge is 2.38. The number of piperazine rings is 1. The smallest absolute Gasteiger partial charge is 0.397 e. The Morgan fingerprint density at radius 3 is 2.54 bits per heavy atom. The highest BCUT2D eigenvalue weighted by Crippen LogP contribution is 2.44. The number of unbranched alkanes of at least 4 members (excludes halogenated alkanes) is 2. The Hall–Kier alpha value is -1.87. The number of pyridine rings is 1. The summed E-state index contributed by atoms with van der Waals surface area (Å²) in [6, 6.07) is 0. The lowest BCUT2D eigenvalue weighted by Crippen LogP contribution is -2.47. The molecule has 1 aliphatic rings. The van der Waals surface area contributed by atoms with Crippen molar-refractivity contribution in [1.29, 1.82) is 0 Å². The Labute approximate surface area is 166 Å². The minimum Gasteiger partial charge on any atom is -0.397 e. The second-order valence-electron chi connectivity index (χ2n) is 7.23. The Bertz CT molecular complexity index is 857. The predicted molar refractivity (Wildman–Crippen MR) is 106 cm³/mol. The van der Waals surface area contributed by atoms with Gasteiger partial charge in [0.1, 0.15) is 9.71 Å². The molecule has 0 saturated carbocycles. The lowest BCUT2D eigenvalue weighted by Gasteiger charge is -2.32. The van der Waals surface area contributed by atoms with Gasteiger partial charge in [-0.15, -0.1) is 11.3 Å². The molecule has 154 valence electrons. The van der Waals surface area contributed by atoms with Gasteiger partial charge in [-0.25, -0.2) is 4.98 Å². The molecule has 3 heterocycles. The van der Waals surface area contributed by atoms with E-state index in [0.717, 1.165) is 37.3 Å². The average Bonchev–Trinajstić information content (AvgIpc) is 2.97. The largest absolute Gasteiger partial charge is 0.417 e. The van der Waals surface area contributed by atoms with E-state index in [1.165, 1.54) is 6.20 Å². The molecule has 2 aromatic heterocycles. The molecular formula is C19H25F3N4OS. The summed E-state index contributed by atoms with van der Waals surface area (Å²) >= 11 is 0.953. The number of aryl methyl sites for hydroxylation is 1. The molecule has 1 saturated heterocycles. The third kappa shape index (κ3) is 4.10. The normalized spacial score (nSPS) is 16.1. The van der Waals surface area contributed by atoms with Crippen LogP contribution in [0.1, 0.15) is 47.0 Å². The van der Waals surface area contributed by atoms with E-state index >= 15 is 0 Å². The van der Waals surface area contributed by atoms with Crippen LogP contribution in [-0.2, 0) is 12.6 Å². The van der Waals surface area contributed by atoms with Crippen LogP contribution in [-0.4, -0.2) is 53.9 Å². The first-order valence-corrected chi connectivity index (χ1v) is 10.3. The number of carbonyl (C=O) groups excluding carboxylic acids is 1. The van der Waals surface area contributed by atoms with Crippen LogP contribution in [0.4, 0.5) is 18.9 Å². The second-order valence-corrected chi connectivity index (χ2v) is 8.23. The maximum atomic E-state index is 13.9. The molecule has 9 heteroatoms. The van der Waals surface area contributed by atoms with Crippen LogP contribution in [0.2, 0.25) is 0 Å². The van der Waals surface area contributed by atoms with E-state index in [1.54, 1.807) is 4.90 Å². The number of anilines is 1. The highest BCUT2D eigenvalue weighted by molar-refractivity contribution is 7.21. The number of aromatic nitrogens is 1. The van der Waals surface area contributed by atoms with Gasteiger partial charge in [-0.05, 0) is 25.5 Å². The summed E-state index contributed by atoms with van der Waals surface area (Å²) in [6.45, 7) is 4.52. The number of nitrogens with zero attached hydrogens (tertiary/aromatic N) is 3. The second kappa shape index (κ2) is 8.24. The van der Waals surface area contributed by atoms with Gasteiger partial charge in [0.2, 0.25) is 0 Å². The first-order valence-electron chi connectivity index (χ1n) is 9.48. The Morgan fingerprint density at radius 1 is 1.25 bits per heavy atom. The number of fused-ring (bicyclic) bond motifs is 1. The van der Waals surface area contributed by atoms with Crippen molar-refractivity contribution < 1.29 is 18.0 Å². The summed E-state index contributed by atoms with van der Waals surface area (Å²) < 4.78 is 41.7. The molecule has 28 heavy (non-hydrogen) atoms. The number of halogens is 3. The van der Waals surface area contributed by atoms with Crippen molar-refractivity contribution in [2.45, 2.75) is 38.8 Å². The molecule has 0 bridgehead atoms. The molecule has 1 fully saturated rings. The average molecular weight is 414 g/mol. The minimum absolute atomic E-state index is 0.0962. The molecular weight excluding hydrogens is 389 g/mol. The summed E-state index contributed by atoms with van der Waals surface area (Å²) in [4.78, 5) is 21.2. The summed E-state index contributed by atoms with van der Waals surface area (Å²) in [5.41, 5.74) is 5.42. The fourth-order valence-electron chi connectivity index (χ4n) is 3.52. The molecule has 0 unspecified atom stereocenters. The molecule has 0 aliphatic carbocycles. The van der Waals surface area contributed by atoms with Crippen molar-refractivity contribution in [3.63, 3.8) is 0 Å². The zero-order valence-corrected chi connectivity index (χ0v) is 16.9. The molecule has 1 amide bonds. The van der Waals surface area contributed by atoms with E-state index in [0.29, 0.717) is 25.9 Å². The van der Waals surface area contributed by atoms with E-state index in [1.807, 2.05) is 14.0 Å². The summed E-state index contributed by atoms with van der Waals surface area (Å²) in [7, 11) is 1.97. The first kappa shape index (κ1) is 20.9. The van der Waals surface area contributed by atoms with Gasteiger partial charge in [-0.2, -0.15) is 13.2 Å². The topological polar surface area (TPSA) is 62.5 Å². The van der Waals surface area contributed by atoms with Crippen molar-refractivity contribution in [2.24, 2.45) is 0 Å². The Balaban J connectivity index is 2.03. The van der Waals surface area contributed by atoms with Gasteiger partial charge >= 0.3 is 6.18 Å². The molecule has 3 rings (SSSR count). The quantitative estimate of drug-likeness (QED) is 0.751. The van der Waals surface area contributed by atoms with E-state index < -0.39 is 11.7 Å². The van der Waals surface area contributed by atoms with Crippen LogP contribution in [0.25, 0.3) is 10.2 Å². The third-order valence-corrected chi connectivity index (χ3v) is 6.25. The number of alkyl halides is 3. The minimum atomic E-state index is -4.55. The number of hydrogen-bond acceptors (Lipinski definition) is 5. The number of nitrogens with two attached hydrogens (primary N) is 1. The molecule has 0 spiro atoms. The standard InChI is InChI=1S/C19H25F3N4OS/c1-3-4-5-6-12-11-24-17-13(14(12)19(20,21)22)15(23)16(28-17)18(27)26-9-7-25(2)8-10-26/h11H,3-10,23H2,1-2H3. The van der Waals surface area contributed by atoms with Crippen LogP contribution >= 0.6 is 11.3 Å². The molecule has 5 nitrogen and oxygen atoms in total. The monoisotopic (exact) mass is 414 g/mol. The van der Waals surface area contributed by atoms with Gasteiger partial charge in [0.05, 0.1) is 11.3 Å². The lowest BCUT2D eigenvalue weighted by atomic mass is 10.00. The predicted octanol–water partition coefficient (Wildman–Crippen LogP) is 4.02. The van der Waals surface area contributed by atoms with E-state index in [2.05, 4.69) is 9.88 Å². The van der Waals surface area contributed by atoms with Crippen LogP contribution < -0.4 is 5.73 Å². The summed E-state index contributed by atoms with van der Waals surface area (Å²) in [6.07, 6.45) is -0.539. The maximum Gasteiger partial charge on any atom is 0.417 e. The number of carbonyl (C=O) groups is 1. The molecule has 2 N–H and O–H groups in total. The van der Waals surface area contributed by atoms with Gasteiger partial charge in [0.25, 0.3) is 5.91 Å². The highest BCUT2D eigenvalue weighted by atomic mass is 32.1. The van der Waals surface area contributed by atoms with Crippen molar-refractivity contribution in [2.75, 3.05) is 39.0 Å². The first-order chi connectivity index (χ1) is 13.2. The van der Waals surface area contributed by atoms with Crippen LogP contribution in [0.15, 0.2) is 6.20 Å². The zero-order chi connectivity index (χ0) is 20.5. The maximum absolute atomic E-state index is 13.9. The van der Waals surface area contributed by atoms with Crippen molar-refractivity contribution in [3.8, 4) is 0 Å². The number of nitrogen functional groups attached to an aromatic ring is 1.